The van der Waals surface area contributed by atoms with E-state index in [1.54, 1.807) is 12.1 Å². The Bertz CT molecular complexity index is 431. The molecule has 0 radical (unpaired) electrons. The molecule has 1 unspecified atom stereocenters. The third-order valence-corrected chi connectivity index (χ3v) is 3.02. The minimum atomic E-state index is -0.0349. The predicted octanol–water partition coefficient (Wildman–Crippen LogP) is 1.35. The standard InChI is InChI=1S/C14H24N4O/c1-10-9-12(17-15)5-6-13(10)14(19)16-11(2)7-8-18(3)4/h5-6,9,11,17H,7-8,15H2,1-4H3,(H,16,19). The summed E-state index contributed by atoms with van der Waals surface area (Å²) in [7, 11) is 4.05. The van der Waals surface area contributed by atoms with Crippen LogP contribution in [-0.2, 0) is 0 Å². The first-order chi connectivity index (χ1) is 8.93. The molecule has 5 nitrogen and oxygen atoms in total. The molecule has 0 saturated carbocycles. The SMILES string of the molecule is Cc1cc(NN)ccc1C(=O)NC(C)CCN(C)C. The lowest BCUT2D eigenvalue weighted by atomic mass is 10.1. The van der Waals surface area contributed by atoms with Gasteiger partial charge in [0.2, 0.25) is 0 Å². The van der Waals surface area contributed by atoms with Crippen LogP contribution in [0.15, 0.2) is 18.2 Å². The number of hydrazine groups is 1. The van der Waals surface area contributed by atoms with Crippen LogP contribution in [-0.4, -0.2) is 37.5 Å². The zero-order valence-corrected chi connectivity index (χ0v) is 12.2. The molecular weight excluding hydrogens is 240 g/mol. The van der Waals surface area contributed by atoms with E-state index in [1.165, 1.54) is 0 Å². The highest BCUT2D eigenvalue weighted by Gasteiger charge is 2.12. The average Bonchev–Trinajstić information content (AvgIpc) is 2.35. The Kier molecular flexibility index (Phi) is 5.79. The zero-order chi connectivity index (χ0) is 14.4. The highest BCUT2D eigenvalue weighted by atomic mass is 16.1. The Morgan fingerprint density at radius 2 is 2.11 bits per heavy atom. The molecule has 0 aliphatic rings. The van der Waals surface area contributed by atoms with E-state index >= 15 is 0 Å². The molecule has 0 bridgehead atoms. The molecule has 0 saturated heterocycles. The molecule has 1 amide bonds. The minimum absolute atomic E-state index is 0.0349. The van der Waals surface area contributed by atoms with Crippen molar-refractivity contribution >= 4 is 11.6 Å². The first-order valence-electron chi connectivity index (χ1n) is 6.47. The summed E-state index contributed by atoms with van der Waals surface area (Å²) in [5.41, 5.74) is 4.97. The average molecular weight is 264 g/mol. The quantitative estimate of drug-likeness (QED) is 0.536. The van der Waals surface area contributed by atoms with Crippen LogP contribution in [0.3, 0.4) is 0 Å². The molecular formula is C14H24N4O. The van der Waals surface area contributed by atoms with E-state index < -0.39 is 0 Å². The van der Waals surface area contributed by atoms with E-state index in [1.807, 2.05) is 34.0 Å². The van der Waals surface area contributed by atoms with E-state index in [9.17, 15) is 4.79 Å². The van der Waals surface area contributed by atoms with Crippen LogP contribution in [0.4, 0.5) is 5.69 Å². The van der Waals surface area contributed by atoms with Gasteiger partial charge in [-0.05, 0) is 64.7 Å². The number of anilines is 1. The Hall–Kier alpha value is -1.59. The van der Waals surface area contributed by atoms with Gasteiger partial charge in [0.05, 0.1) is 0 Å². The fourth-order valence-electron chi connectivity index (χ4n) is 1.83. The molecule has 1 rings (SSSR count). The number of aryl methyl sites for hydroxylation is 1. The lowest BCUT2D eigenvalue weighted by Crippen LogP contribution is -2.35. The van der Waals surface area contributed by atoms with Crippen molar-refractivity contribution in [1.82, 2.24) is 10.2 Å². The fourth-order valence-corrected chi connectivity index (χ4v) is 1.83. The van der Waals surface area contributed by atoms with Crippen molar-refractivity contribution in [2.45, 2.75) is 26.3 Å². The number of nitrogens with zero attached hydrogens (tertiary/aromatic N) is 1. The maximum absolute atomic E-state index is 12.1. The number of nitrogens with one attached hydrogen (secondary N) is 2. The third kappa shape index (κ3) is 4.89. The number of nitrogen functional groups attached to an aromatic ring is 1. The Labute approximate surface area is 115 Å². The van der Waals surface area contributed by atoms with Gasteiger partial charge in [0.15, 0.2) is 0 Å². The van der Waals surface area contributed by atoms with Gasteiger partial charge in [-0.15, -0.1) is 0 Å². The van der Waals surface area contributed by atoms with Crippen molar-refractivity contribution in [2.75, 3.05) is 26.1 Å². The lowest BCUT2D eigenvalue weighted by Gasteiger charge is -2.17. The summed E-state index contributed by atoms with van der Waals surface area (Å²) in [5.74, 6) is 5.30. The van der Waals surface area contributed by atoms with Crippen LogP contribution in [0.2, 0.25) is 0 Å². The summed E-state index contributed by atoms with van der Waals surface area (Å²) in [6.07, 6.45) is 0.931. The lowest BCUT2D eigenvalue weighted by molar-refractivity contribution is 0.0936. The van der Waals surface area contributed by atoms with Crippen LogP contribution in [0.1, 0.15) is 29.3 Å². The number of carbonyl (C=O) groups is 1. The van der Waals surface area contributed by atoms with E-state index in [-0.39, 0.29) is 11.9 Å². The Morgan fingerprint density at radius 3 is 2.63 bits per heavy atom. The van der Waals surface area contributed by atoms with Gasteiger partial charge in [0.25, 0.3) is 5.91 Å². The number of rotatable bonds is 6. The second kappa shape index (κ2) is 7.11. The summed E-state index contributed by atoms with van der Waals surface area (Å²) >= 11 is 0. The van der Waals surface area contributed by atoms with E-state index in [2.05, 4.69) is 15.6 Å². The van der Waals surface area contributed by atoms with Gasteiger partial charge in [-0.1, -0.05) is 0 Å². The zero-order valence-electron chi connectivity index (χ0n) is 12.2. The maximum atomic E-state index is 12.1. The first-order valence-corrected chi connectivity index (χ1v) is 6.47. The fraction of sp³-hybridized carbons (Fsp3) is 0.500. The van der Waals surface area contributed by atoms with E-state index in [0.717, 1.165) is 24.2 Å². The van der Waals surface area contributed by atoms with Crippen molar-refractivity contribution < 1.29 is 4.79 Å². The largest absolute Gasteiger partial charge is 0.350 e. The topological polar surface area (TPSA) is 70.4 Å². The maximum Gasteiger partial charge on any atom is 0.251 e. The highest BCUT2D eigenvalue weighted by Crippen LogP contribution is 2.14. The second-order valence-electron chi connectivity index (χ2n) is 5.14. The summed E-state index contributed by atoms with van der Waals surface area (Å²) in [4.78, 5) is 14.3. The highest BCUT2D eigenvalue weighted by molar-refractivity contribution is 5.96. The molecule has 0 aliphatic carbocycles. The van der Waals surface area contributed by atoms with Crippen LogP contribution in [0, 0.1) is 6.92 Å². The molecule has 0 aliphatic heterocycles. The van der Waals surface area contributed by atoms with Crippen molar-refractivity contribution in [1.29, 1.82) is 0 Å². The molecule has 1 aromatic carbocycles. The molecule has 5 heteroatoms. The monoisotopic (exact) mass is 264 g/mol. The van der Waals surface area contributed by atoms with Crippen molar-refractivity contribution in [3.8, 4) is 0 Å². The smallest absolute Gasteiger partial charge is 0.251 e. The van der Waals surface area contributed by atoms with Crippen LogP contribution < -0.4 is 16.6 Å². The summed E-state index contributed by atoms with van der Waals surface area (Å²) in [6, 6.07) is 5.60. The molecule has 0 fully saturated rings. The first kappa shape index (κ1) is 15.5. The number of carbonyl (C=O) groups excluding carboxylic acids is 1. The molecule has 0 heterocycles. The third-order valence-electron chi connectivity index (χ3n) is 3.02. The van der Waals surface area contributed by atoms with E-state index in [0.29, 0.717) is 5.56 Å². The van der Waals surface area contributed by atoms with Gasteiger partial charge in [0.1, 0.15) is 0 Å². The van der Waals surface area contributed by atoms with Gasteiger partial charge in [-0.3, -0.25) is 10.6 Å². The predicted molar refractivity (Wildman–Crippen MR) is 79.1 cm³/mol. The Balaban J connectivity index is 2.62. The van der Waals surface area contributed by atoms with Gasteiger partial charge in [0, 0.05) is 17.3 Å². The van der Waals surface area contributed by atoms with Crippen LogP contribution >= 0.6 is 0 Å². The second-order valence-corrected chi connectivity index (χ2v) is 5.14. The minimum Gasteiger partial charge on any atom is -0.350 e. The van der Waals surface area contributed by atoms with Gasteiger partial charge < -0.3 is 15.6 Å². The van der Waals surface area contributed by atoms with Crippen LogP contribution in [0.5, 0.6) is 0 Å². The van der Waals surface area contributed by atoms with Gasteiger partial charge in [-0.2, -0.15) is 0 Å². The van der Waals surface area contributed by atoms with Crippen molar-refractivity contribution in [2.24, 2.45) is 5.84 Å². The van der Waals surface area contributed by atoms with Crippen molar-refractivity contribution in [3.63, 3.8) is 0 Å². The normalized spacial score (nSPS) is 12.3. The number of amides is 1. The molecule has 0 aromatic heterocycles. The molecule has 106 valence electrons. The number of nitrogens with two attached hydrogens (primary N) is 1. The molecule has 19 heavy (non-hydrogen) atoms. The summed E-state index contributed by atoms with van der Waals surface area (Å²) < 4.78 is 0. The number of hydrogen-bond acceptors (Lipinski definition) is 4. The number of hydrogen-bond donors (Lipinski definition) is 3. The van der Waals surface area contributed by atoms with Gasteiger partial charge in [-0.25, -0.2) is 0 Å². The Morgan fingerprint density at radius 1 is 1.42 bits per heavy atom. The molecule has 1 atom stereocenters. The van der Waals surface area contributed by atoms with E-state index in [4.69, 9.17) is 5.84 Å². The summed E-state index contributed by atoms with van der Waals surface area (Å²) in [5, 5.41) is 3.01. The van der Waals surface area contributed by atoms with Crippen LogP contribution in [0.25, 0.3) is 0 Å². The van der Waals surface area contributed by atoms with Crippen molar-refractivity contribution in [3.05, 3.63) is 29.3 Å². The summed E-state index contributed by atoms with van der Waals surface area (Å²) in [6.45, 7) is 4.88. The number of benzene rings is 1. The van der Waals surface area contributed by atoms with Gasteiger partial charge >= 0.3 is 0 Å². The molecule has 1 aromatic rings. The molecule has 0 spiro atoms. The molecule has 4 N–H and O–H groups in total.